The largest absolute Gasteiger partial charge is 0.383 e. The summed E-state index contributed by atoms with van der Waals surface area (Å²) in [4.78, 5) is 3.73. The van der Waals surface area contributed by atoms with Crippen LogP contribution >= 0.6 is 15.9 Å². The molecule has 8 nitrogen and oxygen atoms in total. The van der Waals surface area contributed by atoms with Crippen LogP contribution in [0.15, 0.2) is 34.0 Å². The number of sulfonamides is 1. The lowest BCUT2D eigenvalue weighted by Gasteiger charge is -2.08. The Morgan fingerprint density at radius 2 is 2.26 bits per heavy atom. The van der Waals surface area contributed by atoms with Gasteiger partial charge in [0.25, 0.3) is 0 Å². The van der Waals surface area contributed by atoms with E-state index in [1.54, 1.807) is 6.20 Å². The lowest BCUT2D eigenvalue weighted by molar-refractivity contribution is 0.553. The zero-order valence-corrected chi connectivity index (χ0v) is 12.1. The third kappa shape index (κ3) is 3.49. The summed E-state index contributed by atoms with van der Waals surface area (Å²) in [5.74, 6) is -0.0449. The lowest BCUT2D eigenvalue weighted by atomic mass is 10.5. The molecule has 0 bridgehead atoms. The van der Waals surface area contributed by atoms with Gasteiger partial charge < -0.3 is 5.73 Å². The predicted octanol–water partition coefficient (Wildman–Crippen LogP) is -0.00370. The second-order valence-electron chi connectivity index (χ2n) is 3.60. The molecule has 2 aromatic rings. The number of hydrogen-bond acceptors (Lipinski definition) is 6. The average molecular weight is 347 g/mol. The normalized spacial score (nSPS) is 11.6. The summed E-state index contributed by atoms with van der Waals surface area (Å²) >= 11 is 3.16. The summed E-state index contributed by atoms with van der Waals surface area (Å²) in [7, 11) is -3.70. The molecule has 0 radical (unpaired) electrons. The van der Waals surface area contributed by atoms with Crippen molar-refractivity contribution >= 4 is 31.8 Å². The van der Waals surface area contributed by atoms with Crippen molar-refractivity contribution in [1.29, 1.82) is 0 Å². The summed E-state index contributed by atoms with van der Waals surface area (Å²) in [6, 6.07) is 1.40. The van der Waals surface area contributed by atoms with E-state index in [9.17, 15) is 8.42 Å². The molecule has 19 heavy (non-hydrogen) atoms. The fraction of sp³-hybridized carbons (Fsp3) is 0.222. The van der Waals surface area contributed by atoms with Gasteiger partial charge in [0, 0.05) is 23.4 Å². The SMILES string of the molecule is Nc1ncc(Br)cc1S(=O)(=O)NCCn1ccnn1. The van der Waals surface area contributed by atoms with Crippen LogP contribution in [0.3, 0.4) is 0 Å². The number of nitrogens with zero attached hydrogens (tertiary/aromatic N) is 4. The summed E-state index contributed by atoms with van der Waals surface area (Å²) in [6.45, 7) is 0.554. The van der Waals surface area contributed by atoms with Crippen LogP contribution in [0.2, 0.25) is 0 Å². The van der Waals surface area contributed by atoms with Crippen LogP contribution in [0.4, 0.5) is 5.82 Å². The molecule has 0 aromatic carbocycles. The maximum Gasteiger partial charge on any atom is 0.244 e. The molecule has 0 unspecified atom stereocenters. The Morgan fingerprint density at radius 1 is 1.47 bits per heavy atom. The van der Waals surface area contributed by atoms with E-state index in [-0.39, 0.29) is 17.3 Å². The Bertz CT molecular complexity index is 657. The van der Waals surface area contributed by atoms with E-state index in [0.717, 1.165) is 0 Å². The van der Waals surface area contributed by atoms with Gasteiger partial charge in [-0.05, 0) is 22.0 Å². The van der Waals surface area contributed by atoms with Gasteiger partial charge in [0.1, 0.15) is 10.7 Å². The molecule has 0 aliphatic rings. The summed E-state index contributed by atoms with van der Waals surface area (Å²) < 4.78 is 28.6. The predicted molar refractivity (Wildman–Crippen MR) is 71.6 cm³/mol. The number of anilines is 1. The van der Waals surface area contributed by atoms with Crippen molar-refractivity contribution in [2.24, 2.45) is 0 Å². The first-order valence-corrected chi connectivity index (χ1v) is 7.51. The van der Waals surface area contributed by atoms with Gasteiger partial charge in [-0.3, -0.25) is 4.68 Å². The number of nitrogen functional groups attached to an aromatic ring is 1. The van der Waals surface area contributed by atoms with E-state index in [1.165, 1.54) is 23.1 Å². The average Bonchev–Trinajstić information content (AvgIpc) is 2.85. The fourth-order valence-corrected chi connectivity index (χ4v) is 2.98. The highest BCUT2D eigenvalue weighted by Gasteiger charge is 2.18. The Hall–Kier alpha value is -1.52. The molecule has 0 amide bonds. The molecule has 0 aliphatic carbocycles. The third-order valence-electron chi connectivity index (χ3n) is 2.24. The maximum atomic E-state index is 12.0. The van der Waals surface area contributed by atoms with Gasteiger partial charge in [0.15, 0.2) is 0 Å². The van der Waals surface area contributed by atoms with Crippen LogP contribution < -0.4 is 10.5 Å². The number of aromatic nitrogens is 4. The minimum Gasteiger partial charge on any atom is -0.383 e. The molecule has 102 valence electrons. The molecule has 0 spiro atoms. The minimum absolute atomic E-state index is 0.0449. The number of nitrogens with two attached hydrogens (primary N) is 1. The summed E-state index contributed by atoms with van der Waals surface area (Å²) in [6.07, 6.45) is 4.60. The van der Waals surface area contributed by atoms with Gasteiger partial charge in [0.05, 0.1) is 12.7 Å². The number of hydrogen-bond donors (Lipinski definition) is 2. The van der Waals surface area contributed by atoms with Crippen molar-refractivity contribution < 1.29 is 8.42 Å². The molecule has 2 rings (SSSR count). The lowest BCUT2D eigenvalue weighted by Crippen LogP contribution is -2.28. The minimum atomic E-state index is -3.70. The standard InChI is InChI=1S/C9H11BrN6O2S/c10-7-5-8(9(11)12-6-7)19(17,18)14-2-4-16-3-1-13-15-16/h1,3,5-6,14H,2,4H2,(H2,11,12). The maximum absolute atomic E-state index is 12.0. The van der Waals surface area contributed by atoms with Crippen molar-refractivity contribution in [1.82, 2.24) is 24.7 Å². The molecule has 2 heterocycles. The number of nitrogens with one attached hydrogen (secondary N) is 1. The molecule has 10 heteroatoms. The smallest absolute Gasteiger partial charge is 0.244 e. The molecule has 0 atom stereocenters. The monoisotopic (exact) mass is 346 g/mol. The Labute approximate surface area is 118 Å². The van der Waals surface area contributed by atoms with Crippen molar-refractivity contribution in [3.05, 3.63) is 29.1 Å². The Balaban J connectivity index is 2.07. The van der Waals surface area contributed by atoms with Crippen LogP contribution in [0.5, 0.6) is 0 Å². The first-order valence-electron chi connectivity index (χ1n) is 5.24. The number of rotatable bonds is 5. The molecular weight excluding hydrogens is 336 g/mol. The highest BCUT2D eigenvalue weighted by molar-refractivity contribution is 9.10. The highest BCUT2D eigenvalue weighted by atomic mass is 79.9. The van der Waals surface area contributed by atoms with E-state index < -0.39 is 10.0 Å². The van der Waals surface area contributed by atoms with Crippen LogP contribution in [0.25, 0.3) is 0 Å². The summed E-state index contributed by atoms with van der Waals surface area (Å²) in [5, 5.41) is 7.35. The number of pyridine rings is 1. The number of halogens is 1. The molecule has 2 aromatic heterocycles. The second-order valence-corrected chi connectivity index (χ2v) is 6.25. The van der Waals surface area contributed by atoms with Crippen molar-refractivity contribution in [3.63, 3.8) is 0 Å². The van der Waals surface area contributed by atoms with E-state index in [1.807, 2.05) is 0 Å². The van der Waals surface area contributed by atoms with Gasteiger partial charge >= 0.3 is 0 Å². The molecule has 0 saturated carbocycles. The molecule has 0 saturated heterocycles. The van der Waals surface area contributed by atoms with Gasteiger partial charge in [-0.2, -0.15) is 0 Å². The molecular formula is C9H11BrN6O2S. The van der Waals surface area contributed by atoms with Gasteiger partial charge in [0.2, 0.25) is 10.0 Å². The van der Waals surface area contributed by atoms with E-state index >= 15 is 0 Å². The highest BCUT2D eigenvalue weighted by Crippen LogP contribution is 2.20. The Morgan fingerprint density at radius 3 is 2.95 bits per heavy atom. The van der Waals surface area contributed by atoms with Gasteiger partial charge in [-0.15, -0.1) is 5.10 Å². The second kappa shape index (κ2) is 5.63. The molecule has 0 fully saturated rings. The van der Waals surface area contributed by atoms with Crippen LogP contribution in [0, 0.1) is 0 Å². The first kappa shape index (κ1) is 13.9. The van der Waals surface area contributed by atoms with Crippen LogP contribution in [-0.2, 0) is 16.6 Å². The van der Waals surface area contributed by atoms with Gasteiger partial charge in [-0.25, -0.2) is 18.1 Å². The zero-order valence-electron chi connectivity index (χ0n) is 9.69. The van der Waals surface area contributed by atoms with Crippen molar-refractivity contribution in [2.75, 3.05) is 12.3 Å². The van der Waals surface area contributed by atoms with Crippen LogP contribution in [-0.4, -0.2) is 34.9 Å². The van der Waals surface area contributed by atoms with Gasteiger partial charge in [-0.1, -0.05) is 5.21 Å². The fourth-order valence-electron chi connectivity index (χ4n) is 1.37. The molecule has 0 aliphatic heterocycles. The zero-order chi connectivity index (χ0) is 13.9. The Kier molecular flexibility index (Phi) is 4.12. The van der Waals surface area contributed by atoms with E-state index in [2.05, 4.69) is 35.9 Å². The van der Waals surface area contributed by atoms with E-state index in [0.29, 0.717) is 11.0 Å². The third-order valence-corrected chi connectivity index (χ3v) is 4.17. The summed E-state index contributed by atoms with van der Waals surface area (Å²) in [5.41, 5.74) is 5.56. The van der Waals surface area contributed by atoms with Crippen LogP contribution in [0.1, 0.15) is 0 Å². The van der Waals surface area contributed by atoms with Crippen molar-refractivity contribution in [2.45, 2.75) is 11.4 Å². The molecule has 3 N–H and O–H groups in total. The first-order chi connectivity index (χ1) is 8.99. The quantitative estimate of drug-likeness (QED) is 0.786. The van der Waals surface area contributed by atoms with E-state index in [4.69, 9.17) is 5.73 Å². The van der Waals surface area contributed by atoms with Crippen molar-refractivity contribution in [3.8, 4) is 0 Å². The topological polar surface area (TPSA) is 116 Å².